The highest BCUT2D eigenvalue weighted by atomic mass is 35.5. The standard InChI is InChI=1S/C17H28ClNO/c1-4-7-16(14-8-10-15(18)11-9-14)19-12-17(20)13(5-2)6-3/h8-11,13,16-17,19-20H,4-7,12H2,1-3H3. The summed E-state index contributed by atoms with van der Waals surface area (Å²) in [5.41, 5.74) is 1.24. The van der Waals surface area contributed by atoms with E-state index in [9.17, 15) is 5.11 Å². The fourth-order valence-corrected chi connectivity index (χ4v) is 2.76. The summed E-state index contributed by atoms with van der Waals surface area (Å²) < 4.78 is 0. The molecule has 1 aromatic rings. The van der Waals surface area contributed by atoms with Crippen molar-refractivity contribution in [2.24, 2.45) is 5.92 Å². The molecule has 0 fully saturated rings. The minimum Gasteiger partial charge on any atom is -0.392 e. The Hall–Kier alpha value is -0.570. The Balaban J connectivity index is 2.61. The lowest BCUT2D eigenvalue weighted by Gasteiger charge is -2.25. The third kappa shape index (κ3) is 5.43. The zero-order chi connectivity index (χ0) is 15.0. The smallest absolute Gasteiger partial charge is 0.0692 e. The molecule has 2 nitrogen and oxygen atoms in total. The number of hydrogen-bond donors (Lipinski definition) is 2. The molecule has 0 radical (unpaired) electrons. The number of rotatable bonds is 9. The van der Waals surface area contributed by atoms with E-state index in [0.717, 1.165) is 30.7 Å². The lowest BCUT2D eigenvalue weighted by atomic mass is 9.95. The Morgan fingerprint density at radius 2 is 1.70 bits per heavy atom. The molecule has 2 unspecified atom stereocenters. The SMILES string of the molecule is CCCC(NCC(O)C(CC)CC)c1ccc(Cl)cc1. The van der Waals surface area contributed by atoms with Gasteiger partial charge in [0.15, 0.2) is 0 Å². The molecule has 2 atom stereocenters. The highest BCUT2D eigenvalue weighted by Crippen LogP contribution is 2.21. The first-order valence-corrected chi connectivity index (χ1v) is 8.17. The van der Waals surface area contributed by atoms with Crippen LogP contribution in [0.15, 0.2) is 24.3 Å². The summed E-state index contributed by atoms with van der Waals surface area (Å²) in [5, 5.41) is 14.5. The molecule has 0 heterocycles. The van der Waals surface area contributed by atoms with Gasteiger partial charge >= 0.3 is 0 Å². The maximum atomic E-state index is 10.2. The van der Waals surface area contributed by atoms with Crippen LogP contribution in [0.25, 0.3) is 0 Å². The van der Waals surface area contributed by atoms with Crippen LogP contribution in [0.5, 0.6) is 0 Å². The summed E-state index contributed by atoms with van der Waals surface area (Å²) in [6.07, 6.45) is 3.97. The Morgan fingerprint density at radius 3 is 2.20 bits per heavy atom. The highest BCUT2D eigenvalue weighted by molar-refractivity contribution is 6.30. The second kappa shape index (κ2) is 9.38. The Bertz CT molecular complexity index is 362. The minimum atomic E-state index is -0.267. The summed E-state index contributed by atoms with van der Waals surface area (Å²) in [6.45, 7) is 7.11. The van der Waals surface area contributed by atoms with Crippen molar-refractivity contribution < 1.29 is 5.11 Å². The zero-order valence-electron chi connectivity index (χ0n) is 12.9. The second-order valence-corrected chi connectivity index (χ2v) is 5.88. The van der Waals surface area contributed by atoms with Crippen LogP contribution in [-0.4, -0.2) is 17.8 Å². The van der Waals surface area contributed by atoms with Gasteiger partial charge in [-0.3, -0.25) is 0 Å². The number of nitrogens with one attached hydrogen (secondary N) is 1. The van der Waals surface area contributed by atoms with E-state index < -0.39 is 0 Å². The first-order valence-electron chi connectivity index (χ1n) is 7.79. The quantitative estimate of drug-likeness (QED) is 0.700. The zero-order valence-corrected chi connectivity index (χ0v) is 13.7. The predicted octanol–water partition coefficient (Wildman–Crippen LogP) is 4.57. The van der Waals surface area contributed by atoms with Gasteiger partial charge in [-0.2, -0.15) is 0 Å². The van der Waals surface area contributed by atoms with Crippen LogP contribution in [-0.2, 0) is 0 Å². The van der Waals surface area contributed by atoms with E-state index in [2.05, 4.69) is 38.2 Å². The highest BCUT2D eigenvalue weighted by Gasteiger charge is 2.17. The van der Waals surface area contributed by atoms with Gasteiger partial charge in [0.2, 0.25) is 0 Å². The summed E-state index contributed by atoms with van der Waals surface area (Å²) in [6, 6.07) is 8.29. The lowest BCUT2D eigenvalue weighted by Crippen LogP contribution is -2.34. The molecule has 114 valence electrons. The fourth-order valence-electron chi connectivity index (χ4n) is 2.63. The molecule has 0 aliphatic heterocycles. The molecule has 0 saturated heterocycles. The molecule has 3 heteroatoms. The summed E-state index contributed by atoms with van der Waals surface area (Å²) in [5.74, 6) is 0.384. The topological polar surface area (TPSA) is 32.3 Å². The van der Waals surface area contributed by atoms with Crippen molar-refractivity contribution >= 4 is 11.6 Å². The molecule has 0 amide bonds. The van der Waals surface area contributed by atoms with Crippen molar-refractivity contribution in [1.82, 2.24) is 5.32 Å². The first-order chi connectivity index (χ1) is 9.62. The van der Waals surface area contributed by atoms with Crippen LogP contribution >= 0.6 is 11.6 Å². The van der Waals surface area contributed by atoms with Gasteiger partial charge < -0.3 is 10.4 Å². The monoisotopic (exact) mass is 297 g/mol. The predicted molar refractivity (Wildman–Crippen MR) is 87.2 cm³/mol. The maximum absolute atomic E-state index is 10.2. The minimum absolute atomic E-state index is 0.267. The molecule has 1 rings (SSSR count). The molecule has 0 bridgehead atoms. The van der Waals surface area contributed by atoms with E-state index in [0.29, 0.717) is 18.5 Å². The molecule has 2 N–H and O–H groups in total. The van der Waals surface area contributed by atoms with Gasteiger partial charge in [0.1, 0.15) is 0 Å². The van der Waals surface area contributed by atoms with Crippen LogP contribution in [0.1, 0.15) is 58.1 Å². The molecule has 0 aliphatic carbocycles. The molecular weight excluding hydrogens is 270 g/mol. The van der Waals surface area contributed by atoms with Crippen LogP contribution in [0, 0.1) is 5.92 Å². The summed E-state index contributed by atoms with van der Waals surface area (Å²) in [4.78, 5) is 0. The maximum Gasteiger partial charge on any atom is 0.0692 e. The van der Waals surface area contributed by atoms with Gasteiger partial charge in [-0.25, -0.2) is 0 Å². The molecule has 0 spiro atoms. The fraction of sp³-hybridized carbons (Fsp3) is 0.647. The normalized spacial score (nSPS) is 14.5. The van der Waals surface area contributed by atoms with E-state index in [1.807, 2.05) is 12.1 Å². The van der Waals surface area contributed by atoms with Gasteiger partial charge in [-0.05, 0) is 30.0 Å². The van der Waals surface area contributed by atoms with E-state index in [1.165, 1.54) is 5.56 Å². The molecule has 1 aromatic carbocycles. The Labute approximate surface area is 128 Å². The van der Waals surface area contributed by atoms with Crippen molar-refractivity contribution in [3.63, 3.8) is 0 Å². The van der Waals surface area contributed by atoms with E-state index >= 15 is 0 Å². The van der Waals surface area contributed by atoms with Crippen LogP contribution in [0.3, 0.4) is 0 Å². The van der Waals surface area contributed by atoms with Crippen molar-refractivity contribution in [3.8, 4) is 0 Å². The third-order valence-corrected chi connectivity index (χ3v) is 4.27. The number of hydrogen-bond acceptors (Lipinski definition) is 2. The van der Waals surface area contributed by atoms with Gasteiger partial charge in [-0.15, -0.1) is 0 Å². The number of aliphatic hydroxyl groups excluding tert-OH is 1. The van der Waals surface area contributed by atoms with Gasteiger partial charge in [0.25, 0.3) is 0 Å². The van der Waals surface area contributed by atoms with E-state index in [4.69, 9.17) is 11.6 Å². The Morgan fingerprint density at radius 1 is 1.10 bits per heavy atom. The molecule has 0 saturated carbocycles. The van der Waals surface area contributed by atoms with E-state index in [1.54, 1.807) is 0 Å². The van der Waals surface area contributed by atoms with Crippen molar-refractivity contribution in [2.75, 3.05) is 6.54 Å². The van der Waals surface area contributed by atoms with Crippen LogP contribution in [0.4, 0.5) is 0 Å². The molecular formula is C17H28ClNO. The molecule has 20 heavy (non-hydrogen) atoms. The number of halogens is 1. The Kier molecular flexibility index (Phi) is 8.20. The lowest BCUT2D eigenvalue weighted by molar-refractivity contribution is 0.0978. The van der Waals surface area contributed by atoms with Gasteiger partial charge in [0, 0.05) is 17.6 Å². The second-order valence-electron chi connectivity index (χ2n) is 5.44. The van der Waals surface area contributed by atoms with E-state index in [-0.39, 0.29) is 6.10 Å². The average Bonchev–Trinajstić information content (AvgIpc) is 2.46. The third-order valence-electron chi connectivity index (χ3n) is 4.02. The summed E-state index contributed by atoms with van der Waals surface area (Å²) in [7, 11) is 0. The molecule has 0 aliphatic rings. The molecule has 0 aromatic heterocycles. The van der Waals surface area contributed by atoms with Gasteiger partial charge in [0.05, 0.1) is 6.10 Å². The van der Waals surface area contributed by atoms with Crippen molar-refractivity contribution in [2.45, 2.75) is 58.6 Å². The van der Waals surface area contributed by atoms with Crippen molar-refractivity contribution in [1.29, 1.82) is 0 Å². The summed E-state index contributed by atoms with van der Waals surface area (Å²) >= 11 is 5.94. The van der Waals surface area contributed by atoms with Gasteiger partial charge in [-0.1, -0.05) is 63.8 Å². The van der Waals surface area contributed by atoms with Crippen LogP contribution in [0.2, 0.25) is 5.02 Å². The number of aliphatic hydroxyl groups is 1. The van der Waals surface area contributed by atoms with Crippen molar-refractivity contribution in [3.05, 3.63) is 34.9 Å². The average molecular weight is 298 g/mol. The van der Waals surface area contributed by atoms with Crippen LogP contribution < -0.4 is 5.32 Å². The number of benzene rings is 1. The largest absolute Gasteiger partial charge is 0.392 e. The first kappa shape index (κ1) is 17.5.